The number of carbonyl (C=O) groups excluding carboxylic acids is 1. The predicted octanol–water partition coefficient (Wildman–Crippen LogP) is 0.324. The summed E-state index contributed by atoms with van der Waals surface area (Å²) >= 11 is 0. The molecule has 2 atom stereocenters. The highest BCUT2D eigenvalue weighted by molar-refractivity contribution is 5.84. The summed E-state index contributed by atoms with van der Waals surface area (Å²) in [6.07, 6.45) is 3.59. The summed E-state index contributed by atoms with van der Waals surface area (Å²) in [4.78, 5) is 13.9. The van der Waals surface area contributed by atoms with E-state index in [2.05, 4.69) is 17.1 Å². The van der Waals surface area contributed by atoms with Crippen LogP contribution in [-0.4, -0.2) is 42.0 Å². The van der Waals surface area contributed by atoms with Gasteiger partial charge in [-0.25, -0.2) is 0 Å². The van der Waals surface area contributed by atoms with Crippen LogP contribution in [0.3, 0.4) is 0 Å². The van der Waals surface area contributed by atoms with Crippen molar-refractivity contribution in [2.45, 2.75) is 44.7 Å². The van der Waals surface area contributed by atoms with Gasteiger partial charge in [0.15, 0.2) is 0 Å². The minimum Gasteiger partial charge on any atom is -0.368 e. The van der Waals surface area contributed by atoms with Crippen LogP contribution in [0.4, 0.5) is 0 Å². The summed E-state index contributed by atoms with van der Waals surface area (Å²) in [5, 5.41) is 3.39. The molecule has 1 aliphatic carbocycles. The normalized spacial score (nSPS) is 30.2. The first kappa shape index (κ1) is 11.9. The van der Waals surface area contributed by atoms with Crippen LogP contribution in [0.25, 0.3) is 0 Å². The van der Waals surface area contributed by atoms with Gasteiger partial charge in [0, 0.05) is 19.1 Å². The average molecular weight is 225 g/mol. The third kappa shape index (κ3) is 2.74. The van der Waals surface area contributed by atoms with Crippen molar-refractivity contribution in [2.75, 3.05) is 19.6 Å². The van der Waals surface area contributed by atoms with Crippen LogP contribution in [0.15, 0.2) is 0 Å². The van der Waals surface area contributed by atoms with E-state index in [1.807, 2.05) is 6.92 Å². The summed E-state index contributed by atoms with van der Waals surface area (Å²) in [5.41, 5.74) is 4.98. The maximum absolute atomic E-state index is 11.6. The van der Waals surface area contributed by atoms with E-state index >= 15 is 0 Å². The second-order valence-corrected chi connectivity index (χ2v) is 5.74. The average Bonchev–Trinajstić information content (AvgIpc) is 2.89. The number of primary amides is 1. The highest BCUT2D eigenvalue weighted by Gasteiger charge is 2.39. The molecule has 1 aliphatic heterocycles. The third-order valence-corrected chi connectivity index (χ3v) is 3.69. The van der Waals surface area contributed by atoms with Crippen LogP contribution in [0, 0.1) is 5.92 Å². The molecule has 1 saturated heterocycles. The van der Waals surface area contributed by atoms with E-state index in [-0.39, 0.29) is 5.91 Å². The van der Waals surface area contributed by atoms with Gasteiger partial charge in [-0.1, -0.05) is 6.92 Å². The number of hydrogen-bond donors (Lipinski definition) is 2. The molecule has 3 N–H and O–H groups in total. The Kier molecular flexibility index (Phi) is 3.22. The zero-order chi connectivity index (χ0) is 11.8. The molecule has 0 aromatic carbocycles. The summed E-state index contributed by atoms with van der Waals surface area (Å²) in [6.45, 7) is 7.14. The number of nitrogens with two attached hydrogens (primary N) is 1. The first-order valence-electron chi connectivity index (χ1n) is 6.29. The quantitative estimate of drug-likeness (QED) is 0.708. The Labute approximate surface area is 97.6 Å². The zero-order valence-electron chi connectivity index (χ0n) is 10.3. The van der Waals surface area contributed by atoms with Crippen molar-refractivity contribution < 1.29 is 4.79 Å². The number of carbonyl (C=O) groups is 1. The number of rotatable bonds is 5. The van der Waals surface area contributed by atoms with Crippen molar-refractivity contribution in [3.8, 4) is 0 Å². The molecule has 0 bridgehead atoms. The Morgan fingerprint density at radius 1 is 1.50 bits per heavy atom. The van der Waals surface area contributed by atoms with Crippen LogP contribution in [0.2, 0.25) is 0 Å². The highest BCUT2D eigenvalue weighted by Crippen LogP contribution is 2.24. The monoisotopic (exact) mass is 225 g/mol. The molecule has 2 fully saturated rings. The number of nitrogens with zero attached hydrogens (tertiary/aromatic N) is 1. The van der Waals surface area contributed by atoms with Crippen LogP contribution < -0.4 is 11.1 Å². The predicted molar refractivity (Wildman–Crippen MR) is 64.0 cm³/mol. The van der Waals surface area contributed by atoms with E-state index in [1.54, 1.807) is 0 Å². The van der Waals surface area contributed by atoms with Crippen molar-refractivity contribution in [1.29, 1.82) is 0 Å². The molecule has 2 aliphatic rings. The summed E-state index contributed by atoms with van der Waals surface area (Å²) < 4.78 is 0. The molecule has 4 nitrogen and oxygen atoms in total. The zero-order valence-corrected chi connectivity index (χ0v) is 10.3. The Balaban J connectivity index is 1.93. The van der Waals surface area contributed by atoms with Gasteiger partial charge in [0.1, 0.15) is 5.54 Å². The van der Waals surface area contributed by atoms with Crippen LogP contribution >= 0.6 is 0 Å². The van der Waals surface area contributed by atoms with Crippen molar-refractivity contribution in [2.24, 2.45) is 11.7 Å². The lowest BCUT2D eigenvalue weighted by Gasteiger charge is -2.32. The van der Waals surface area contributed by atoms with Crippen LogP contribution in [-0.2, 0) is 4.79 Å². The summed E-state index contributed by atoms with van der Waals surface area (Å²) in [6, 6.07) is 0.512. The van der Waals surface area contributed by atoms with Crippen LogP contribution in [0.1, 0.15) is 33.1 Å². The molecular formula is C12H23N3O. The molecule has 2 unspecified atom stereocenters. The van der Waals surface area contributed by atoms with Crippen molar-refractivity contribution in [1.82, 2.24) is 10.2 Å². The third-order valence-electron chi connectivity index (χ3n) is 3.69. The largest absolute Gasteiger partial charge is 0.368 e. The van der Waals surface area contributed by atoms with E-state index < -0.39 is 5.54 Å². The van der Waals surface area contributed by atoms with Crippen molar-refractivity contribution >= 4 is 5.91 Å². The number of amides is 1. The van der Waals surface area contributed by atoms with E-state index in [9.17, 15) is 4.79 Å². The van der Waals surface area contributed by atoms with Gasteiger partial charge in [0.05, 0.1) is 0 Å². The second kappa shape index (κ2) is 4.34. The van der Waals surface area contributed by atoms with E-state index in [4.69, 9.17) is 5.73 Å². The van der Waals surface area contributed by atoms with Gasteiger partial charge >= 0.3 is 0 Å². The standard InChI is InChI=1S/C12H23N3O/c1-9-5-6-15(7-9)8-12(2,11(13)16)14-10-3-4-10/h9-10,14H,3-8H2,1-2H3,(H2,13,16). The maximum atomic E-state index is 11.6. The molecule has 1 saturated carbocycles. The summed E-state index contributed by atoms with van der Waals surface area (Å²) in [5.74, 6) is 0.525. The van der Waals surface area contributed by atoms with Crippen LogP contribution in [0.5, 0.6) is 0 Å². The SMILES string of the molecule is CC1CCN(CC(C)(NC2CC2)C(N)=O)C1. The molecule has 4 heteroatoms. The van der Waals surface area contributed by atoms with Crippen molar-refractivity contribution in [3.05, 3.63) is 0 Å². The lowest BCUT2D eigenvalue weighted by atomic mass is 10.0. The fourth-order valence-corrected chi connectivity index (χ4v) is 2.49. The molecular weight excluding hydrogens is 202 g/mol. The molecule has 0 spiro atoms. The molecule has 16 heavy (non-hydrogen) atoms. The molecule has 92 valence electrons. The molecule has 1 heterocycles. The first-order valence-corrected chi connectivity index (χ1v) is 6.29. The lowest BCUT2D eigenvalue weighted by Crippen LogP contribution is -2.60. The minimum atomic E-state index is -0.550. The number of nitrogens with one attached hydrogen (secondary N) is 1. The Bertz CT molecular complexity index is 277. The Hall–Kier alpha value is -0.610. The second-order valence-electron chi connectivity index (χ2n) is 5.74. The maximum Gasteiger partial charge on any atom is 0.238 e. The lowest BCUT2D eigenvalue weighted by molar-refractivity contribution is -0.124. The molecule has 0 aromatic rings. The highest BCUT2D eigenvalue weighted by atomic mass is 16.1. The smallest absolute Gasteiger partial charge is 0.238 e. The van der Waals surface area contributed by atoms with E-state index in [1.165, 1.54) is 19.3 Å². The fraction of sp³-hybridized carbons (Fsp3) is 0.917. The number of hydrogen-bond acceptors (Lipinski definition) is 3. The van der Waals surface area contributed by atoms with Gasteiger partial charge < -0.3 is 10.6 Å². The van der Waals surface area contributed by atoms with Gasteiger partial charge in [-0.3, -0.25) is 10.1 Å². The molecule has 1 amide bonds. The van der Waals surface area contributed by atoms with E-state index in [0.29, 0.717) is 6.04 Å². The minimum absolute atomic E-state index is 0.223. The van der Waals surface area contributed by atoms with Gasteiger partial charge in [0.25, 0.3) is 0 Å². The van der Waals surface area contributed by atoms with E-state index in [0.717, 1.165) is 25.6 Å². The van der Waals surface area contributed by atoms with Gasteiger partial charge in [-0.2, -0.15) is 0 Å². The van der Waals surface area contributed by atoms with Crippen molar-refractivity contribution in [3.63, 3.8) is 0 Å². The summed E-state index contributed by atoms with van der Waals surface area (Å²) in [7, 11) is 0. The Morgan fingerprint density at radius 2 is 2.19 bits per heavy atom. The first-order chi connectivity index (χ1) is 7.49. The molecule has 2 rings (SSSR count). The fourth-order valence-electron chi connectivity index (χ4n) is 2.49. The molecule has 0 aromatic heterocycles. The number of likely N-dealkylation sites (tertiary alicyclic amines) is 1. The Morgan fingerprint density at radius 3 is 2.62 bits per heavy atom. The van der Waals surface area contributed by atoms with Gasteiger partial charge in [-0.05, 0) is 38.6 Å². The van der Waals surface area contributed by atoms with Gasteiger partial charge in [0.2, 0.25) is 5.91 Å². The molecule has 0 radical (unpaired) electrons. The van der Waals surface area contributed by atoms with Gasteiger partial charge in [-0.15, -0.1) is 0 Å². The topological polar surface area (TPSA) is 58.4 Å².